The van der Waals surface area contributed by atoms with Gasteiger partial charge in [-0.2, -0.15) is 5.10 Å². The Hall–Kier alpha value is -1.84. The average Bonchev–Trinajstić information content (AvgIpc) is 2.65. The molecule has 0 N–H and O–H groups in total. The molecule has 2 atom stereocenters. The van der Waals surface area contributed by atoms with Gasteiger partial charge in [0, 0.05) is 13.0 Å². The van der Waals surface area contributed by atoms with Crippen LogP contribution >= 0.6 is 0 Å². The van der Waals surface area contributed by atoms with Gasteiger partial charge in [-0.3, -0.25) is 5.01 Å². The fourth-order valence-corrected chi connectivity index (χ4v) is 2.20. The zero-order valence-electron chi connectivity index (χ0n) is 10.3. The molecule has 4 nitrogen and oxygen atoms in total. The minimum absolute atomic E-state index is 0.0369. The van der Waals surface area contributed by atoms with Crippen LogP contribution in [0.4, 0.5) is 0 Å². The van der Waals surface area contributed by atoms with Gasteiger partial charge in [0.2, 0.25) is 0 Å². The van der Waals surface area contributed by atoms with E-state index in [9.17, 15) is 4.79 Å². The van der Waals surface area contributed by atoms with Crippen LogP contribution in [-0.2, 0) is 9.53 Å². The lowest BCUT2D eigenvalue weighted by atomic mass is 9.93. The molecule has 1 aromatic rings. The van der Waals surface area contributed by atoms with Gasteiger partial charge in [0.05, 0.1) is 12.8 Å². The maximum absolute atomic E-state index is 11.7. The molecule has 0 spiro atoms. The second kappa shape index (κ2) is 4.57. The van der Waals surface area contributed by atoms with Crippen molar-refractivity contribution >= 4 is 11.7 Å². The molecule has 1 aliphatic heterocycles. The Morgan fingerprint density at radius 1 is 1.35 bits per heavy atom. The molecule has 0 saturated carbocycles. The summed E-state index contributed by atoms with van der Waals surface area (Å²) in [5, 5.41) is 6.12. The van der Waals surface area contributed by atoms with E-state index < -0.39 is 0 Å². The van der Waals surface area contributed by atoms with Crippen LogP contribution in [0.25, 0.3) is 0 Å². The number of benzene rings is 1. The molecule has 0 bridgehead atoms. The van der Waals surface area contributed by atoms with Crippen molar-refractivity contribution in [2.45, 2.75) is 13.0 Å². The first-order valence-corrected chi connectivity index (χ1v) is 5.59. The number of nitrogens with zero attached hydrogens (tertiary/aromatic N) is 2. The molecule has 0 amide bonds. The Labute approximate surface area is 101 Å². The van der Waals surface area contributed by atoms with Crippen LogP contribution in [0.5, 0.6) is 0 Å². The summed E-state index contributed by atoms with van der Waals surface area (Å²) < 4.78 is 4.81. The summed E-state index contributed by atoms with van der Waals surface area (Å²) in [4.78, 5) is 11.7. The van der Waals surface area contributed by atoms with Crippen molar-refractivity contribution in [2.75, 3.05) is 14.2 Å². The number of hydrogen-bond donors (Lipinski definition) is 0. The van der Waals surface area contributed by atoms with Crippen molar-refractivity contribution in [1.29, 1.82) is 0 Å². The lowest BCUT2D eigenvalue weighted by molar-refractivity contribution is -0.146. The van der Waals surface area contributed by atoms with Gasteiger partial charge >= 0.3 is 5.97 Å². The summed E-state index contributed by atoms with van der Waals surface area (Å²) in [5.74, 6) is -0.204. The van der Waals surface area contributed by atoms with Crippen molar-refractivity contribution in [3.63, 3.8) is 0 Å². The number of rotatable bonds is 2. The van der Waals surface area contributed by atoms with Gasteiger partial charge in [0.25, 0.3) is 0 Å². The van der Waals surface area contributed by atoms with E-state index in [4.69, 9.17) is 4.74 Å². The lowest BCUT2D eigenvalue weighted by Crippen LogP contribution is -2.38. The number of methoxy groups -OCH3 is 1. The second-order valence-electron chi connectivity index (χ2n) is 4.18. The van der Waals surface area contributed by atoms with Crippen molar-refractivity contribution in [3.8, 4) is 0 Å². The third kappa shape index (κ3) is 2.02. The Morgan fingerprint density at radius 3 is 2.59 bits per heavy atom. The molecule has 1 aromatic carbocycles. The van der Waals surface area contributed by atoms with Crippen LogP contribution in [0.3, 0.4) is 0 Å². The third-order valence-corrected chi connectivity index (χ3v) is 3.09. The van der Waals surface area contributed by atoms with Crippen molar-refractivity contribution < 1.29 is 9.53 Å². The lowest BCUT2D eigenvalue weighted by Gasteiger charge is -2.19. The van der Waals surface area contributed by atoms with E-state index in [0.29, 0.717) is 0 Å². The number of carbonyl (C=O) groups excluding carboxylic acids is 1. The predicted octanol–water partition coefficient (Wildman–Crippen LogP) is 1.51. The highest BCUT2D eigenvalue weighted by Gasteiger charge is 2.38. The molecule has 2 unspecified atom stereocenters. The number of ether oxygens (including phenoxy) is 1. The summed E-state index contributed by atoms with van der Waals surface area (Å²) in [7, 11) is 3.21. The van der Waals surface area contributed by atoms with E-state index in [1.165, 1.54) is 7.11 Å². The zero-order chi connectivity index (χ0) is 12.4. The van der Waals surface area contributed by atoms with Crippen LogP contribution in [0.1, 0.15) is 12.5 Å². The smallest absolute Gasteiger partial charge is 0.330 e. The van der Waals surface area contributed by atoms with Crippen molar-refractivity contribution in [2.24, 2.45) is 11.0 Å². The molecule has 0 aliphatic carbocycles. The normalized spacial score (nSPS) is 23.5. The highest BCUT2D eigenvalue weighted by molar-refractivity contribution is 6.05. The number of carbonyl (C=O) groups is 1. The highest BCUT2D eigenvalue weighted by atomic mass is 16.5. The minimum atomic E-state index is -0.324. The number of hydrazone groups is 1. The summed E-state index contributed by atoms with van der Waals surface area (Å²) in [6, 6.07) is 9.58. The zero-order valence-corrected chi connectivity index (χ0v) is 10.3. The SMILES string of the molecule is COC(=O)C1C(C)C(c2ccccc2)=NN1C. The molecular formula is C13H16N2O2. The molecule has 2 rings (SSSR count). The maximum Gasteiger partial charge on any atom is 0.330 e. The van der Waals surface area contributed by atoms with Crippen LogP contribution in [0.15, 0.2) is 35.4 Å². The van der Waals surface area contributed by atoms with Gasteiger partial charge < -0.3 is 4.74 Å². The van der Waals surface area contributed by atoms with E-state index in [0.717, 1.165) is 11.3 Å². The van der Waals surface area contributed by atoms with Crippen LogP contribution in [0.2, 0.25) is 0 Å². The fraction of sp³-hybridized carbons (Fsp3) is 0.385. The first-order chi connectivity index (χ1) is 8.15. The monoisotopic (exact) mass is 232 g/mol. The summed E-state index contributed by atoms with van der Waals surface area (Å²) >= 11 is 0. The Balaban J connectivity index is 2.28. The largest absolute Gasteiger partial charge is 0.467 e. The van der Waals surface area contributed by atoms with E-state index >= 15 is 0 Å². The first kappa shape index (κ1) is 11.6. The predicted molar refractivity (Wildman–Crippen MR) is 65.7 cm³/mol. The summed E-state index contributed by atoms with van der Waals surface area (Å²) in [6.07, 6.45) is 0. The van der Waals surface area contributed by atoms with Gasteiger partial charge in [-0.25, -0.2) is 4.79 Å². The van der Waals surface area contributed by atoms with Crippen LogP contribution in [0, 0.1) is 5.92 Å². The van der Waals surface area contributed by atoms with Crippen LogP contribution < -0.4 is 0 Å². The molecule has 17 heavy (non-hydrogen) atoms. The van der Waals surface area contributed by atoms with E-state index in [-0.39, 0.29) is 17.9 Å². The van der Waals surface area contributed by atoms with Crippen LogP contribution in [-0.4, -0.2) is 36.9 Å². The van der Waals surface area contributed by atoms with Gasteiger partial charge in [-0.1, -0.05) is 37.3 Å². The second-order valence-corrected chi connectivity index (χ2v) is 4.18. The number of esters is 1. The molecule has 90 valence electrons. The van der Waals surface area contributed by atoms with Gasteiger partial charge in [-0.15, -0.1) is 0 Å². The van der Waals surface area contributed by atoms with Gasteiger partial charge in [0.1, 0.15) is 0 Å². The highest BCUT2D eigenvalue weighted by Crippen LogP contribution is 2.25. The molecule has 1 aliphatic rings. The molecule has 1 heterocycles. The Kier molecular flexibility index (Phi) is 3.13. The quantitative estimate of drug-likeness (QED) is 0.726. The molecule has 0 aromatic heterocycles. The Bertz CT molecular complexity index is 442. The molecular weight excluding hydrogens is 216 g/mol. The topological polar surface area (TPSA) is 41.9 Å². The summed E-state index contributed by atoms with van der Waals surface area (Å²) in [5.41, 5.74) is 1.99. The summed E-state index contributed by atoms with van der Waals surface area (Å²) in [6.45, 7) is 2.00. The van der Waals surface area contributed by atoms with Crippen molar-refractivity contribution in [3.05, 3.63) is 35.9 Å². The number of hydrogen-bond acceptors (Lipinski definition) is 4. The third-order valence-electron chi connectivity index (χ3n) is 3.09. The van der Waals surface area contributed by atoms with Gasteiger partial charge in [-0.05, 0) is 5.56 Å². The van der Waals surface area contributed by atoms with E-state index in [1.54, 1.807) is 12.1 Å². The molecule has 0 fully saturated rings. The fourth-order valence-electron chi connectivity index (χ4n) is 2.20. The van der Waals surface area contributed by atoms with E-state index in [1.807, 2.05) is 37.3 Å². The molecule has 0 saturated heterocycles. The van der Waals surface area contributed by atoms with Gasteiger partial charge in [0.15, 0.2) is 6.04 Å². The van der Waals surface area contributed by atoms with Crippen molar-refractivity contribution in [1.82, 2.24) is 5.01 Å². The standard InChI is InChI=1S/C13H16N2O2/c1-9-11(10-7-5-4-6-8-10)14-15(2)12(9)13(16)17-3/h4-9,12H,1-3H3. The Morgan fingerprint density at radius 2 is 2.00 bits per heavy atom. The minimum Gasteiger partial charge on any atom is -0.467 e. The number of likely N-dealkylation sites (N-methyl/N-ethyl adjacent to an activating group) is 1. The average molecular weight is 232 g/mol. The first-order valence-electron chi connectivity index (χ1n) is 5.59. The molecule has 4 heteroatoms. The maximum atomic E-state index is 11.7. The van der Waals surface area contributed by atoms with E-state index in [2.05, 4.69) is 5.10 Å². The molecule has 0 radical (unpaired) electrons.